The summed E-state index contributed by atoms with van der Waals surface area (Å²) in [5, 5.41) is 4.40. The number of aryl methyl sites for hydroxylation is 1. The van der Waals surface area contributed by atoms with Gasteiger partial charge in [0.2, 0.25) is 0 Å². The number of aromatic amines is 1. The number of nitrogens with one attached hydrogen (secondary N) is 3. The molecule has 0 radical (unpaired) electrons. The molecule has 0 aliphatic heterocycles. The van der Waals surface area contributed by atoms with E-state index in [1.54, 1.807) is 25.3 Å². The van der Waals surface area contributed by atoms with Crippen LogP contribution in [0.4, 0.5) is 0 Å². The maximum absolute atomic E-state index is 12.6. The summed E-state index contributed by atoms with van der Waals surface area (Å²) >= 11 is 3.25. The molecule has 0 unspecified atom stereocenters. The Morgan fingerprint density at radius 2 is 1.96 bits per heavy atom. The lowest BCUT2D eigenvalue weighted by Gasteiger charge is -2.10. The lowest BCUT2D eigenvalue weighted by Crippen LogP contribution is -2.41. The number of hydrazine groups is 1. The molecular formula is C16H16BrN5O3. The Balaban J connectivity index is 1.86. The third-order valence-electron chi connectivity index (χ3n) is 3.66. The summed E-state index contributed by atoms with van der Waals surface area (Å²) in [5.74, 6) is -0.831. The van der Waals surface area contributed by atoms with Crippen LogP contribution in [-0.4, -0.2) is 26.9 Å². The van der Waals surface area contributed by atoms with E-state index in [1.165, 1.54) is 0 Å². The van der Waals surface area contributed by atoms with Gasteiger partial charge < -0.3 is 9.51 Å². The second kappa shape index (κ2) is 6.67. The molecule has 0 aliphatic carbocycles. The van der Waals surface area contributed by atoms with Gasteiger partial charge in [0.05, 0.1) is 16.6 Å². The van der Waals surface area contributed by atoms with E-state index < -0.39 is 11.8 Å². The molecule has 8 nitrogen and oxygen atoms in total. The molecule has 2 amide bonds. The number of H-pyrrole nitrogens is 1. The summed E-state index contributed by atoms with van der Waals surface area (Å²) in [7, 11) is 0. The fourth-order valence-electron chi connectivity index (χ4n) is 2.34. The molecule has 0 atom stereocenters. The number of aromatic nitrogens is 3. The van der Waals surface area contributed by atoms with Crippen LogP contribution in [-0.2, 0) is 0 Å². The zero-order valence-corrected chi connectivity index (χ0v) is 15.4. The molecule has 0 fully saturated rings. The van der Waals surface area contributed by atoms with Crippen LogP contribution in [0.15, 0.2) is 27.3 Å². The molecule has 0 saturated heterocycles. The minimum Gasteiger partial charge on any atom is -0.356 e. The molecule has 9 heteroatoms. The van der Waals surface area contributed by atoms with E-state index in [2.05, 4.69) is 41.9 Å². The molecule has 0 aromatic carbocycles. The highest BCUT2D eigenvalue weighted by atomic mass is 79.9. The number of nitrogens with zero attached hydrogens (tertiary/aromatic N) is 2. The average Bonchev–Trinajstić information content (AvgIpc) is 3.18. The number of pyridine rings is 1. The van der Waals surface area contributed by atoms with E-state index in [4.69, 9.17) is 4.52 Å². The molecule has 3 N–H and O–H groups in total. The van der Waals surface area contributed by atoms with Crippen LogP contribution >= 0.6 is 15.9 Å². The second-order valence-corrected chi connectivity index (χ2v) is 6.75. The minimum absolute atomic E-state index is 0.104. The number of rotatable bonds is 3. The average molecular weight is 406 g/mol. The molecule has 3 heterocycles. The Morgan fingerprint density at radius 3 is 2.60 bits per heavy atom. The summed E-state index contributed by atoms with van der Waals surface area (Å²) < 4.78 is 5.93. The maximum Gasteiger partial charge on any atom is 0.286 e. The van der Waals surface area contributed by atoms with Gasteiger partial charge in [-0.1, -0.05) is 19.0 Å². The van der Waals surface area contributed by atoms with Crippen molar-refractivity contribution in [2.24, 2.45) is 0 Å². The number of hydrogen-bond acceptors (Lipinski definition) is 5. The number of hydrogen-bond donors (Lipinski definition) is 3. The molecule has 25 heavy (non-hydrogen) atoms. The summed E-state index contributed by atoms with van der Waals surface area (Å²) in [4.78, 5) is 31.8. The number of amides is 2. The van der Waals surface area contributed by atoms with Crippen LogP contribution in [0.3, 0.4) is 0 Å². The quantitative estimate of drug-likeness (QED) is 0.579. The summed E-state index contributed by atoms with van der Waals surface area (Å²) in [6, 6.07) is 3.29. The molecular weight excluding hydrogens is 390 g/mol. The van der Waals surface area contributed by atoms with E-state index in [9.17, 15) is 9.59 Å². The Labute approximate surface area is 151 Å². The van der Waals surface area contributed by atoms with Crippen LogP contribution in [0, 0.1) is 6.92 Å². The van der Waals surface area contributed by atoms with Gasteiger partial charge >= 0.3 is 0 Å². The van der Waals surface area contributed by atoms with Crippen LogP contribution in [0.1, 0.15) is 52.0 Å². The first-order valence-corrected chi connectivity index (χ1v) is 8.37. The summed E-state index contributed by atoms with van der Waals surface area (Å²) in [5.41, 5.74) is 7.01. The Kier molecular flexibility index (Phi) is 4.58. The monoisotopic (exact) mass is 405 g/mol. The predicted molar refractivity (Wildman–Crippen MR) is 94.1 cm³/mol. The first-order valence-electron chi connectivity index (χ1n) is 7.58. The second-order valence-electron chi connectivity index (χ2n) is 5.84. The SMILES string of the molecule is Cc1noc2nc(C(C)C)cc(C(=O)NNC(=O)c3cc(Br)c[nH]3)c12. The van der Waals surface area contributed by atoms with Gasteiger partial charge in [0.25, 0.3) is 17.5 Å². The van der Waals surface area contributed by atoms with Crippen LogP contribution < -0.4 is 10.9 Å². The van der Waals surface area contributed by atoms with Crippen LogP contribution in [0.5, 0.6) is 0 Å². The Bertz CT molecular complexity index is 960. The molecule has 0 aliphatic rings. The fourth-order valence-corrected chi connectivity index (χ4v) is 2.68. The van der Waals surface area contributed by atoms with Crippen molar-refractivity contribution >= 4 is 38.8 Å². The first-order chi connectivity index (χ1) is 11.9. The topological polar surface area (TPSA) is 113 Å². The van der Waals surface area contributed by atoms with Gasteiger partial charge in [-0.05, 0) is 40.9 Å². The van der Waals surface area contributed by atoms with Gasteiger partial charge in [-0.25, -0.2) is 4.98 Å². The molecule has 0 spiro atoms. The van der Waals surface area contributed by atoms with Crippen molar-refractivity contribution in [3.63, 3.8) is 0 Å². The van der Waals surface area contributed by atoms with Crippen LogP contribution in [0.25, 0.3) is 11.1 Å². The lowest BCUT2D eigenvalue weighted by atomic mass is 10.0. The summed E-state index contributed by atoms with van der Waals surface area (Å²) in [6.07, 6.45) is 1.62. The first kappa shape index (κ1) is 17.2. The molecule has 3 aromatic rings. The van der Waals surface area contributed by atoms with Gasteiger partial charge in [0.1, 0.15) is 5.69 Å². The number of carbonyl (C=O) groups excluding carboxylic acids is 2. The molecule has 0 bridgehead atoms. The third-order valence-corrected chi connectivity index (χ3v) is 4.11. The third kappa shape index (κ3) is 3.41. The van der Waals surface area contributed by atoms with Crippen LogP contribution in [0.2, 0.25) is 0 Å². The number of carbonyl (C=O) groups is 2. The van der Waals surface area contributed by atoms with Crippen molar-refractivity contribution in [3.05, 3.63) is 45.4 Å². The van der Waals surface area contributed by atoms with Gasteiger partial charge in [-0.3, -0.25) is 20.4 Å². The molecule has 3 aromatic heterocycles. The van der Waals surface area contributed by atoms with E-state index in [0.29, 0.717) is 33.7 Å². The highest BCUT2D eigenvalue weighted by molar-refractivity contribution is 9.10. The van der Waals surface area contributed by atoms with Crippen molar-refractivity contribution in [2.45, 2.75) is 26.7 Å². The van der Waals surface area contributed by atoms with E-state index in [1.807, 2.05) is 13.8 Å². The standard InChI is InChI=1S/C16H16BrN5O3/c1-7(2)11-5-10(13-8(3)22-25-16(13)19-11)14(23)20-21-15(24)12-4-9(17)6-18-12/h4-7,18H,1-3H3,(H,20,23)(H,21,24). The van der Waals surface area contributed by atoms with Gasteiger partial charge in [-0.15, -0.1) is 0 Å². The largest absolute Gasteiger partial charge is 0.356 e. The maximum atomic E-state index is 12.6. The highest BCUT2D eigenvalue weighted by Crippen LogP contribution is 2.24. The fraction of sp³-hybridized carbons (Fsp3) is 0.250. The molecule has 130 valence electrons. The number of fused-ring (bicyclic) bond motifs is 1. The predicted octanol–water partition coefficient (Wildman–Crippen LogP) is 2.82. The molecule has 0 saturated carbocycles. The van der Waals surface area contributed by atoms with Gasteiger partial charge in [0, 0.05) is 16.4 Å². The summed E-state index contributed by atoms with van der Waals surface area (Å²) in [6.45, 7) is 5.66. The van der Waals surface area contributed by atoms with Crippen molar-refractivity contribution in [2.75, 3.05) is 0 Å². The van der Waals surface area contributed by atoms with Crippen molar-refractivity contribution in [1.29, 1.82) is 0 Å². The van der Waals surface area contributed by atoms with E-state index in [-0.39, 0.29) is 5.92 Å². The zero-order chi connectivity index (χ0) is 18.1. The lowest BCUT2D eigenvalue weighted by molar-refractivity contribution is 0.0845. The highest BCUT2D eigenvalue weighted by Gasteiger charge is 2.20. The normalized spacial score (nSPS) is 11.1. The van der Waals surface area contributed by atoms with Gasteiger partial charge in [-0.2, -0.15) is 0 Å². The smallest absolute Gasteiger partial charge is 0.286 e. The zero-order valence-electron chi connectivity index (χ0n) is 13.8. The van der Waals surface area contributed by atoms with Gasteiger partial charge in [0.15, 0.2) is 0 Å². The number of halogens is 1. The van der Waals surface area contributed by atoms with Crippen molar-refractivity contribution in [1.82, 2.24) is 26.0 Å². The van der Waals surface area contributed by atoms with Crippen molar-refractivity contribution in [3.8, 4) is 0 Å². The van der Waals surface area contributed by atoms with Crippen molar-refractivity contribution < 1.29 is 14.1 Å². The molecule has 3 rings (SSSR count). The Hall–Kier alpha value is -2.68. The Morgan fingerprint density at radius 1 is 1.24 bits per heavy atom. The minimum atomic E-state index is -0.473. The van der Waals surface area contributed by atoms with E-state index >= 15 is 0 Å². The van der Waals surface area contributed by atoms with E-state index in [0.717, 1.165) is 4.47 Å².